The van der Waals surface area contributed by atoms with Gasteiger partial charge in [0.2, 0.25) is 10.0 Å². The van der Waals surface area contributed by atoms with Gasteiger partial charge in [0, 0.05) is 30.7 Å². The molecule has 2 aliphatic heterocycles. The summed E-state index contributed by atoms with van der Waals surface area (Å²) < 4.78 is 26.4. The summed E-state index contributed by atoms with van der Waals surface area (Å²) in [6.45, 7) is 5.88. The molecule has 10 nitrogen and oxygen atoms in total. The molecule has 0 bridgehead atoms. The number of nitriles is 1. The van der Waals surface area contributed by atoms with Crippen molar-refractivity contribution >= 4 is 39.2 Å². The van der Waals surface area contributed by atoms with Crippen LogP contribution in [-0.4, -0.2) is 54.6 Å². The summed E-state index contributed by atoms with van der Waals surface area (Å²) >= 11 is 0. The Labute approximate surface area is 216 Å². The van der Waals surface area contributed by atoms with Crippen LogP contribution in [0.1, 0.15) is 51.2 Å². The van der Waals surface area contributed by atoms with Gasteiger partial charge in [0.1, 0.15) is 11.4 Å². The fourth-order valence-electron chi connectivity index (χ4n) is 5.24. The summed E-state index contributed by atoms with van der Waals surface area (Å²) in [6.07, 6.45) is 4.97. The number of imide groups is 1. The average Bonchev–Trinajstić information content (AvgIpc) is 3.49. The molecule has 11 heteroatoms. The molecule has 194 valence electrons. The normalized spacial score (nSPS) is 20.2. The highest BCUT2D eigenvalue weighted by Gasteiger charge is 2.55. The number of sulfonamides is 1. The maximum atomic E-state index is 13.6. The molecule has 1 N–H and O–H groups in total. The molecule has 5 rings (SSSR count). The van der Waals surface area contributed by atoms with E-state index in [1.54, 1.807) is 44.3 Å². The van der Waals surface area contributed by atoms with Crippen LogP contribution in [0.2, 0.25) is 0 Å². The molecule has 1 aliphatic carbocycles. The molecule has 3 aliphatic rings. The number of nitrogens with one attached hydrogen (secondary N) is 1. The number of amides is 3. The number of carbonyl (C=O) groups excluding carboxylic acids is 2. The Bertz CT molecular complexity index is 1440. The van der Waals surface area contributed by atoms with Crippen LogP contribution in [0.4, 0.5) is 22.0 Å². The minimum atomic E-state index is -3.50. The fraction of sp³-hybridized carbons (Fsp3) is 0.462. The highest BCUT2D eigenvalue weighted by Crippen LogP contribution is 2.57. The molecule has 1 atom stereocenters. The topological polar surface area (TPSA) is 127 Å². The van der Waals surface area contributed by atoms with Crippen molar-refractivity contribution in [2.45, 2.75) is 63.6 Å². The monoisotopic (exact) mass is 522 g/mol. The molecule has 1 saturated heterocycles. The summed E-state index contributed by atoms with van der Waals surface area (Å²) in [5.41, 5.74) is 1.38. The molecule has 1 saturated carbocycles. The Balaban J connectivity index is 1.44. The van der Waals surface area contributed by atoms with Gasteiger partial charge < -0.3 is 10.2 Å². The van der Waals surface area contributed by atoms with Gasteiger partial charge in [-0.1, -0.05) is 6.07 Å². The van der Waals surface area contributed by atoms with Crippen molar-refractivity contribution in [3.05, 3.63) is 47.7 Å². The standard InChI is InChI=1S/C26H30N6O4S/c1-17(7-11-27)29-22-13-18(8-12-28-22)15-30-24(34)32(23(33)25(30,2)3)19-5-6-20-21(14-19)31(37(4,35)36)16-26(20)9-10-26/h5-6,8,12-14,17H,7,9-10,15-16H2,1-4H3,(H,28,29)/t17-/m0/s1. The minimum Gasteiger partial charge on any atom is -0.367 e. The van der Waals surface area contributed by atoms with E-state index in [0.29, 0.717) is 30.2 Å². The molecule has 0 unspecified atom stereocenters. The first-order valence-electron chi connectivity index (χ1n) is 12.2. The third-order valence-corrected chi connectivity index (χ3v) is 8.69. The molecule has 1 aromatic carbocycles. The second kappa shape index (κ2) is 8.45. The van der Waals surface area contributed by atoms with Gasteiger partial charge in [-0.05, 0) is 69.0 Å². The maximum Gasteiger partial charge on any atom is 0.332 e. The van der Waals surface area contributed by atoms with Crippen LogP contribution in [0.3, 0.4) is 0 Å². The molecular formula is C26H30N6O4S. The number of hydrogen-bond acceptors (Lipinski definition) is 7. The zero-order valence-corrected chi connectivity index (χ0v) is 22.2. The number of carbonyl (C=O) groups is 2. The van der Waals surface area contributed by atoms with Crippen molar-refractivity contribution < 1.29 is 18.0 Å². The predicted octanol–water partition coefficient (Wildman–Crippen LogP) is 3.35. The van der Waals surface area contributed by atoms with E-state index in [1.807, 2.05) is 13.0 Å². The second-order valence-corrected chi connectivity index (χ2v) is 12.7. The van der Waals surface area contributed by atoms with E-state index >= 15 is 0 Å². The Morgan fingerprint density at radius 2 is 1.92 bits per heavy atom. The minimum absolute atomic E-state index is 0.0873. The van der Waals surface area contributed by atoms with Crippen molar-refractivity contribution in [1.29, 1.82) is 5.26 Å². The molecular weight excluding hydrogens is 492 g/mol. The third kappa shape index (κ3) is 4.19. The number of aromatic nitrogens is 1. The lowest BCUT2D eigenvalue weighted by Gasteiger charge is -2.27. The van der Waals surface area contributed by atoms with E-state index in [-0.39, 0.29) is 23.9 Å². The highest BCUT2D eigenvalue weighted by atomic mass is 32.2. The summed E-state index contributed by atoms with van der Waals surface area (Å²) in [7, 11) is -3.50. The van der Waals surface area contributed by atoms with E-state index < -0.39 is 21.6 Å². The Morgan fingerprint density at radius 3 is 2.57 bits per heavy atom. The first-order valence-corrected chi connectivity index (χ1v) is 14.1. The Kier molecular flexibility index (Phi) is 5.71. The molecule has 3 amide bonds. The zero-order valence-electron chi connectivity index (χ0n) is 21.4. The number of pyridine rings is 1. The third-order valence-electron chi connectivity index (χ3n) is 7.56. The van der Waals surface area contributed by atoms with E-state index in [2.05, 4.69) is 16.4 Å². The van der Waals surface area contributed by atoms with Gasteiger partial charge in [-0.25, -0.2) is 23.1 Å². The van der Waals surface area contributed by atoms with Gasteiger partial charge in [0.05, 0.1) is 30.1 Å². The molecule has 1 spiro atoms. The lowest BCUT2D eigenvalue weighted by Crippen LogP contribution is -2.43. The largest absolute Gasteiger partial charge is 0.367 e. The lowest BCUT2D eigenvalue weighted by molar-refractivity contribution is -0.123. The van der Waals surface area contributed by atoms with Crippen LogP contribution in [0, 0.1) is 11.3 Å². The van der Waals surface area contributed by atoms with E-state index in [4.69, 9.17) is 5.26 Å². The smallest absolute Gasteiger partial charge is 0.332 e. The van der Waals surface area contributed by atoms with Gasteiger partial charge in [-0.15, -0.1) is 0 Å². The van der Waals surface area contributed by atoms with Gasteiger partial charge in [0.25, 0.3) is 5.91 Å². The lowest BCUT2D eigenvalue weighted by atomic mass is 9.98. The number of benzene rings is 1. The summed E-state index contributed by atoms with van der Waals surface area (Å²) in [4.78, 5) is 34.1. The van der Waals surface area contributed by atoms with E-state index in [1.165, 1.54) is 15.5 Å². The van der Waals surface area contributed by atoms with E-state index in [0.717, 1.165) is 28.9 Å². The van der Waals surface area contributed by atoms with Gasteiger partial charge >= 0.3 is 6.03 Å². The second-order valence-electron chi connectivity index (χ2n) is 10.8. The number of rotatable bonds is 7. The van der Waals surface area contributed by atoms with Gasteiger partial charge in [0.15, 0.2) is 0 Å². The number of anilines is 3. The van der Waals surface area contributed by atoms with Crippen LogP contribution in [-0.2, 0) is 26.8 Å². The zero-order chi connectivity index (χ0) is 26.8. The molecule has 1 aromatic heterocycles. The molecule has 0 radical (unpaired) electrons. The van der Waals surface area contributed by atoms with Crippen LogP contribution in [0.5, 0.6) is 0 Å². The number of fused-ring (bicyclic) bond motifs is 2. The quantitative estimate of drug-likeness (QED) is 0.553. The molecule has 37 heavy (non-hydrogen) atoms. The first-order chi connectivity index (χ1) is 17.4. The van der Waals surface area contributed by atoms with E-state index in [9.17, 15) is 18.0 Å². The highest BCUT2D eigenvalue weighted by molar-refractivity contribution is 7.92. The summed E-state index contributed by atoms with van der Waals surface area (Å²) in [6, 6.07) is 10.4. The summed E-state index contributed by atoms with van der Waals surface area (Å²) in [5, 5.41) is 12.1. The Morgan fingerprint density at radius 1 is 1.19 bits per heavy atom. The fourth-order valence-corrected chi connectivity index (χ4v) is 6.23. The number of urea groups is 1. The predicted molar refractivity (Wildman–Crippen MR) is 140 cm³/mol. The van der Waals surface area contributed by atoms with Crippen LogP contribution < -0.4 is 14.5 Å². The van der Waals surface area contributed by atoms with Gasteiger partial charge in [-0.2, -0.15) is 5.26 Å². The average molecular weight is 523 g/mol. The van der Waals surface area contributed by atoms with Crippen LogP contribution in [0.15, 0.2) is 36.5 Å². The van der Waals surface area contributed by atoms with Crippen molar-refractivity contribution in [3.63, 3.8) is 0 Å². The van der Waals surface area contributed by atoms with Crippen molar-refractivity contribution in [3.8, 4) is 6.07 Å². The molecule has 2 aromatic rings. The molecule has 3 heterocycles. The molecule has 2 fully saturated rings. The summed E-state index contributed by atoms with van der Waals surface area (Å²) in [5.74, 6) is 0.207. The number of nitrogens with zero attached hydrogens (tertiary/aromatic N) is 5. The van der Waals surface area contributed by atoms with Crippen molar-refractivity contribution in [1.82, 2.24) is 9.88 Å². The van der Waals surface area contributed by atoms with Crippen LogP contribution in [0.25, 0.3) is 0 Å². The van der Waals surface area contributed by atoms with Crippen LogP contribution >= 0.6 is 0 Å². The Hall–Kier alpha value is -3.65. The maximum absolute atomic E-state index is 13.6. The van der Waals surface area contributed by atoms with Gasteiger partial charge in [-0.3, -0.25) is 9.10 Å². The SMILES string of the molecule is C[C@@H](CC#N)Nc1cc(CN2C(=O)N(c3ccc4c(c3)N(S(C)(=O)=O)CC43CC3)C(=O)C2(C)C)ccn1. The van der Waals surface area contributed by atoms with Crippen molar-refractivity contribution in [2.24, 2.45) is 0 Å². The first kappa shape index (κ1) is 25.0. The number of hydrogen-bond donors (Lipinski definition) is 1. The van der Waals surface area contributed by atoms with Crippen molar-refractivity contribution in [2.75, 3.05) is 27.3 Å².